The van der Waals surface area contributed by atoms with Gasteiger partial charge in [-0.3, -0.25) is 4.79 Å². The van der Waals surface area contributed by atoms with Gasteiger partial charge in [0.2, 0.25) is 0 Å². The fourth-order valence-corrected chi connectivity index (χ4v) is 4.92. The summed E-state index contributed by atoms with van der Waals surface area (Å²) in [5.74, 6) is -2.33. The zero-order valence-electron chi connectivity index (χ0n) is 19.1. The Balaban J connectivity index is 0.000000421. The Morgan fingerprint density at radius 3 is 2.46 bits per heavy atom. The number of amides is 1. The molecule has 1 amide bonds. The standard InChI is InChI=1S/C20H14N2O6S.C5H11N/c1-27-20(26)16-10(2-3-14(22-16)18(21)23)11-7-15-13(6-12(11)19(24)25)17-9(8-28-15)4-5-29-17;1-2-4-6-5-3-1/h2-7H,8H2,1H3,(H2,21,23)(H,24,25);6H,1-5H2. The molecule has 0 atom stereocenters. The number of thiophene rings is 1. The number of fused-ring (bicyclic) bond motifs is 3. The Morgan fingerprint density at radius 2 is 1.86 bits per heavy atom. The van der Waals surface area contributed by atoms with Gasteiger partial charge in [0.15, 0.2) is 5.69 Å². The van der Waals surface area contributed by atoms with Crippen molar-refractivity contribution in [1.82, 2.24) is 10.3 Å². The fourth-order valence-electron chi connectivity index (χ4n) is 3.99. The molecule has 9 nitrogen and oxygen atoms in total. The van der Waals surface area contributed by atoms with E-state index >= 15 is 0 Å². The average Bonchev–Trinajstić information content (AvgIpc) is 3.38. The number of methoxy groups -OCH3 is 1. The highest BCUT2D eigenvalue weighted by molar-refractivity contribution is 7.13. The number of pyridine rings is 1. The third kappa shape index (κ3) is 5.18. The van der Waals surface area contributed by atoms with Crippen molar-refractivity contribution in [3.8, 4) is 27.3 Å². The van der Waals surface area contributed by atoms with Gasteiger partial charge >= 0.3 is 11.9 Å². The van der Waals surface area contributed by atoms with Crippen LogP contribution in [0.15, 0.2) is 35.7 Å². The molecule has 0 radical (unpaired) electrons. The van der Waals surface area contributed by atoms with Gasteiger partial charge in [-0.15, -0.1) is 11.3 Å². The summed E-state index contributed by atoms with van der Waals surface area (Å²) >= 11 is 1.50. The predicted octanol–water partition coefficient (Wildman–Crippen LogP) is 3.71. The van der Waals surface area contributed by atoms with Gasteiger partial charge in [-0.25, -0.2) is 14.6 Å². The molecule has 0 aliphatic carbocycles. The number of nitrogens with one attached hydrogen (secondary N) is 1. The van der Waals surface area contributed by atoms with Gasteiger partial charge in [0, 0.05) is 27.1 Å². The van der Waals surface area contributed by atoms with E-state index in [0.29, 0.717) is 17.9 Å². The van der Waals surface area contributed by atoms with E-state index in [0.717, 1.165) is 17.6 Å². The number of carboxylic acids is 1. The van der Waals surface area contributed by atoms with Gasteiger partial charge < -0.3 is 25.6 Å². The van der Waals surface area contributed by atoms with Crippen molar-refractivity contribution in [1.29, 1.82) is 0 Å². The minimum atomic E-state index is -1.18. The molecular weight excluding hydrogens is 470 g/mol. The first-order valence-electron chi connectivity index (χ1n) is 11.1. The van der Waals surface area contributed by atoms with Crippen LogP contribution in [0.2, 0.25) is 0 Å². The van der Waals surface area contributed by atoms with Gasteiger partial charge in [0.05, 0.1) is 12.7 Å². The zero-order chi connectivity index (χ0) is 24.9. The number of hydrogen-bond acceptors (Lipinski definition) is 8. The molecule has 1 saturated heterocycles. The number of hydrogen-bond donors (Lipinski definition) is 3. The van der Waals surface area contributed by atoms with Crippen molar-refractivity contribution in [3.05, 3.63) is 58.2 Å². The number of carbonyl (C=O) groups is 3. The third-order valence-electron chi connectivity index (χ3n) is 5.75. The van der Waals surface area contributed by atoms with Crippen molar-refractivity contribution in [3.63, 3.8) is 0 Å². The van der Waals surface area contributed by atoms with Crippen LogP contribution in [0, 0.1) is 0 Å². The summed E-state index contributed by atoms with van der Waals surface area (Å²) in [6.07, 6.45) is 4.22. The van der Waals surface area contributed by atoms with E-state index in [1.54, 1.807) is 6.07 Å². The molecule has 4 N–H and O–H groups in total. The molecule has 2 aromatic heterocycles. The number of rotatable bonds is 4. The summed E-state index contributed by atoms with van der Waals surface area (Å²) in [6.45, 7) is 2.86. The Labute approximate surface area is 205 Å². The first kappa shape index (κ1) is 24.4. The number of piperidine rings is 1. The molecule has 35 heavy (non-hydrogen) atoms. The molecule has 2 aliphatic heterocycles. The predicted molar refractivity (Wildman–Crippen MR) is 131 cm³/mol. The molecule has 2 aliphatic rings. The Bertz CT molecular complexity index is 1270. The Morgan fingerprint density at radius 1 is 1.09 bits per heavy atom. The first-order valence-corrected chi connectivity index (χ1v) is 12.0. The maximum atomic E-state index is 12.3. The van der Waals surface area contributed by atoms with Crippen molar-refractivity contribution in [2.75, 3.05) is 20.2 Å². The lowest BCUT2D eigenvalue weighted by molar-refractivity contribution is 0.0593. The van der Waals surface area contributed by atoms with Crippen molar-refractivity contribution >= 4 is 29.2 Å². The van der Waals surface area contributed by atoms with Crippen LogP contribution in [0.25, 0.3) is 21.6 Å². The number of carbonyl (C=O) groups excluding carboxylic acids is 2. The summed E-state index contributed by atoms with van der Waals surface area (Å²) in [4.78, 5) is 40.7. The number of carboxylic acid groups (broad SMARTS) is 1. The van der Waals surface area contributed by atoms with Gasteiger partial charge in [0.1, 0.15) is 18.1 Å². The van der Waals surface area contributed by atoms with E-state index in [2.05, 4.69) is 10.3 Å². The van der Waals surface area contributed by atoms with Crippen molar-refractivity contribution < 1.29 is 29.0 Å². The second-order valence-electron chi connectivity index (χ2n) is 8.02. The largest absolute Gasteiger partial charge is 0.488 e. The SMILES string of the molecule is C1CCNCC1.COC(=O)c1nc(C(N)=O)ccc1-c1cc2c(cc1C(=O)O)-c1sccc1CO2. The van der Waals surface area contributed by atoms with E-state index in [1.165, 1.54) is 61.9 Å². The summed E-state index contributed by atoms with van der Waals surface area (Å²) in [5, 5.41) is 15.0. The number of nitrogens with two attached hydrogens (primary N) is 1. The Kier molecular flexibility index (Phi) is 7.42. The maximum absolute atomic E-state index is 12.3. The van der Waals surface area contributed by atoms with Crippen LogP contribution >= 0.6 is 11.3 Å². The average molecular weight is 496 g/mol. The van der Waals surface area contributed by atoms with Crippen molar-refractivity contribution in [2.24, 2.45) is 5.73 Å². The molecule has 5 rings (SSSR count). The van der Waals surface area contributed by atoms with Crippen LogP contribution in [0.3, 0.4) is 0 Å². The Hall–Kier alpha value is -3.76. The minimum absolute atomic E-state index is 0.0348. The molecule has 0 spiro atoms. The molecule has 1 aromatic carbocycles. The van der Waals surface area contributed by atoms with E-state index in [1.807, 2.05) is 11.4 Å². The minimum Gasteiger partial charge on any atom is -0.488 e. The lowest BCUT2D eigenvalue weighted by Gasteiger charge is -2.20. The second kappa shape index (κ2) is 10.7. The molecule has 4 heterocycles. The molecule has 0 bridgehead atoms. The fraction of sp³-hybridized carbons (Fsp3) is 0.280. The van der Waals surface area contributed by atoms with Gasteiger partial charge in [0.25, 0.3) is 5.91 Å². The summed E-state index contributed by atoms with van der Waals surface area (Å²) in [5.41, 5.74) is 6.94. The molecule has 10 heteroatoms. The van der Waals surface area contributed by atoms with Crippen LogP contribution in [0.1, 0.15) is 56.2 Å². The van der Waals surface area contributed by atoms with E-state index in [4.69, 9.17) is 15.2 Å². The van der Waals surface area contributed by atoms with Crippen LogP contribution in [-0.4, -0.2) is 48.1 Å². The lowest BCUT2D eigenvalue weighted by atomic mass is 9.93. The number of ether oxygens (including phenoxy) is 2. The van der Waals surface area contributed by atoms with Crippen LogP contribution in [-0.2, 0) is 11.3 Å². The maximum Gasteiger partial charge on any atom is 0.357 e. The highest BCUT2D eigenvalue weighted by atomic mass is 32.1. The van der Waals surface area contributed by atoms with Gasteiger partial charge in [-0.1, -0.05) is 6.42 Å². The zero-order valence-corrected chi connectivity index (χ0v) is 19.9. The quantitative estimate of drug-likeness (QED) is 0.465. The van der Waals surface area contributed by atoms with Crippen LogP contribution in [0.4, 0.5) is 0 Å². The number of aromatic carboxylic acids is 1. The van der Waals surface area contributed by atoms with E-state index in [-0.39, 0.29) is 28.1 Å². The smallest absolute Gasteiger partial charge is 0.357 e. The molecule has 3 aromatic rings. The summed E-state index contributed by atoms with van der Waals surface area (Å²) in [7, 11) is 1.16. The van der Waals surface area contributed by atoms with Crippen molar-refractivity contribution in [2.45, 2.75) is 25.9 Å². The first-order chi connectivity index (χ1) is 16.9. The monoisotopic (exact) mass is 495 g/mol. The van der Waals surface area contributed by atoms with Crippen LogP contribution < -0.4 is 15.8 Å². The number of aromatic nitrogens is 1. The molecule has 182 valence electrons. The highest BCUT2D eigenvalue weighted by Gasteiger charge is 2.27. The topological polar surface area (TPSA) is 141 Å². The van der Waals surface area contributed by atoms with Gasteiger partial charge in [-0.05, 0) is 61.6 Å². The highest BCUT2D eigenvalue weighted by Crippen LogP contribution is 2.44. The number of benzene rings is 1. The molecule has 1 fully saturated rings. The third-order valence-corrected chi connectivity index (χ3v) is 6.74. The van der Waals surface area contributed by atoms with E-state index < -0.39 is 17.8 Å². The molecule has 0 unspecified atom stereocenters. The number of primary amides is 1. The number of nitrogens with zero attached hydrogens (tertiary/aromatic N) is 1. The molecular formula is C25H25N3O6S. The van der Waals surface area contributed by atoms with Crippen LogP contribution in [0.5, 0.6) is 5.75 Å². The summed E-state index contributed by atoms with van der Waals surface area (Å²) in [6, 6.07) is 7.76. The summed E-state index contributed by atoms with van der Waals surface area (Å²) < 4.78 is 10.5. The van der Waals surface area contributed by atoms with Gasteiger partial charge in [-0.2, -0.15) is 0 Å². The number of esters is 1. The second-order valence-corrected chi connectivity index (χ2v) is 8.94. The normalized spacial score (nSPS) is 13.9. The molecule has 0 saturated carbocycles. The lowest BCUT2D eigenvalue weighted by Crippen LogP contribution is -2.21. The van der Waals surface area contributed by atoms with E-state index in [9.17, 15) is 19.5 Å².